The summed E-state index contributed by atoms with van der Waals surface area (Å²) >= 11 is 0. The molecule has 0 heterocycles. The molecule has 0 radical (unpaired) electrons. The molecule has 0 saturated carbocycles. The molecule has 4 nitrogen and oxygen atoms in total. The molecule has 1 aromatic carbocycles. The number of carbonyl (C=O) groups is 2. The molecule has 0 aliphatic carbocycles. The summed E-state index contributed by atoms with van der Waals surface area (Å²) < 4.78 is 5.31. The van der Waals surface area contributed by atoms with Crippen LogP contribution in [0.5, 0.6) is 0 Å². The number of carboxylic acids is 1. The average molecular weight is 278 g/mol. The highest BCUT2D eigenvalue weighted by Crippen LogP contribution is 2.14. The minimum atomic E-state index is -1.12. The van der Waals surface area contributed by atoms with Crippen molar-refractivity contribution in [3.63, 3.8) is 0 Å². The Labute approximate surface area is 119 Å². The first kappa shape index (κ1) is 16.2. The number of aromatic carboxylic acids is 1. The van der Waals surface area contributed by atoms with Crippen molar-refractivity contribution in [3.05, 3.63) is 35.4 Å². The monoisotopic (exact) mass is 278 g/mol. The third-order valence-corrected chi connectivity index (χ3v) is 3.15. The number of carbonyl (C=O) groups excluding carboxylic acids is 1. The topological polar surface area (TPSA) is 63.6 Å². The molecule has 1 atom stereocenters. The number of unbranched alkanes of at least 4 members (excludes halogenated alkanes) is 3. The smallest absolute Gasteiger partial charge is 0.339 e. The fraction of sp³-hybridized carbons (Fsp3) is 0.500. The summed E-state index contributed by atoms with van der Waals surface area (Å²) in [5, 5.41) is 9.04. The minimum Gasteiger partial charge on any atom is -0.478 e. The number of benzene rings is 1. The number of carboxylic acid groups (broad SMARTS) is 1. The highest BCUT2D eigenvalue weighted by molar-refractivity contribution is 6.02. The van der Waals surface area contributed by atoms with Gasteiger partial charge in [-0.05, 0) is 31.9 Å². The van der Waals surface area contributed by atoms with E-state index in [4.69, 9.17) is 9.84 Å². The van der Waals surface area contributed by atoms with Crippen LogP contribution in [0, 0.1) is 0 Å². The molecule has 0 spiro atoms. The van der Waals surface area contributed by atoms with Gasteiger partial charge < -0.3 is 9.84 Å². The van der Waals surface area contributed by atoms with Crippen molar-refractivity contribution in [2.75, 3.05) is 0 Å². The van der Waals surface area contributed by atoms with Gasteiger partial charge in [-0.3, -0.25) is 0 Å². The van der Waals surface area contributed by atoms with Gasteiger partial charge in [0.2, 0.25) is 0 Å². The molecule has 20 heavy (non-hydrogen) atoms. The van der Waals surface area contributed by atoms with Gasteiger partial charge in [-0.15, -0.1) is 0 Å². The van der Waals surface area contributed by atoms with Crippen LogP contribution >= 0.6 is 0 Å². The number of rotatable bonds is 8. The first-order chi connectivity index (χ1) is 9.56. The maximum Gasteiger partial charge on any atom is 0.339 e. The Morgan fingerprint density at radius 1 is 1.15 bits per heavy atom. The molecule has 0 unspecified atom stereocenters. The lowest BCUT2D eigenvalue weighted by Crippen LogP contribution is -2.17. The van der Waals surface area contributed by atoms with E-state index in [2.05, 4.69) is 6.92 Å². The van der Waals surface area contributed by atoms with Crippen molar-refractivity contribution in [1.29, 1.82) is 0 Å². The van der Waals surface area contributed by atoms with Crippen molar-refractivity contribution in [2.45, 2.75) is 52.1 Å². The Kier molecular flexibility index (Phi) is 6.77. The molecule has 4 heteroatoms. The summed E-state index contributed by atoms with van der Waals surface area (Å²) in [5.74, 6) is -1.68. The molecule has 0 fully saturated rings. The molecule has 1 rings (SSSR count). The Bertz CT molecular complexity index is 454. The highest BCUT2D eigenvalue weighted by Gasteiger charge is 2.18. The molecule has 0 aliphatic heterocycles. The lowest BCUT2D eigenvalue weighted by atomic mass is 10.1. The number of hydrogen-bond donors (Lipinski definition) is 1. The Morgan fingerprint density at radius 2 is 1.80 bits per heavy atom. The summed E-state index contributed by atoms with van der Waals surface area (Å²) in [6.45, 7) is 3.99. The fourth-order valence-corrected chi connectivity index (χ4v) is 2.01. The normalized spacial score (nSPS) is 11.9. The standard InChI is InChI=1S/C16H22O4/c1-3-4-5-6-9-12(2)20-16(19)14-11-8-7-10-13(14)15(17)18/h7-8,10-12H,3-6,9H2,1-2H3,(H,17,18)/t12-/m0/s1. The molecule has 110 valence electrons. The van der Waals surface area contributed by atoms with Gasteiger partial charge in [0.1, 0.15) is 0 Å². The second-order valence-corrected chi connectivity index (χ2v) is 4.92. The van der Waals surface area contributed by atoms with Gasteiger partial charge in [-0.25, -0.2) is 9.59 Å². The third kappa shape index (κ3) is 5.03. The molecule has 0 aliphatic rings. The first-order valence-corrected chi connectivity index (χ1v) is 7.09. The van der Waals surface area contributed by atoms with Crippen LogP contribution in [0.3, 0.4) is 0 Å². The molecule has 0 saturated heterocycles. The summed E-state index contributed by atoms with van der Waals surface area (Å²) in [4.78, 5) is 23.0. The molecule has 1 N–H and O–H groups in total. The largest absolute Gasteiger partial charge is 0.478 e. The zero-order valence-corrected chi connectivity index (χ0v) is 12.1. The van der Waals surface area contributed by atoms with E-state index in [1.165, 1.54) is 25.0 Å². The van der Waals surface area contributed by atoms with Crippen LogP contribution in [0.2, 0.25) is 0 Å². The van der Waals surface area contributed by atoms with Gasteiger partial charge in [0.15, 0.2) is 0 Å². The lowest BCUT2D eigenvalue weighted by molar-refractivity contribution is 0.0313. The van der Waals surface area contributed by atoms with Gasteiger partial charge in [0.05, 0.1) is 17.2 Å². The zero-order valence-electron chi connectivity index (χ0n) is 12.1. The molecule has 1 aromatic rings. The van der Waals surface area contributed by atoms with E-state index in [1.54, 1.807) is 12.1 Å². The predicted octanol–water partition coefficient (Wildman–Crippen LogP) is 3.90. The summed E-state index contributed by atoms with van der Waals surface area (Å²) in [7, 11) is 0. The van der Waals surface area contributed by atoms with Crippen molar-refractivity contribution in [2.24, 2.45) is 0 Å². The highest BCUT2D eigenvalue weighted by atomic mass is 16.5. The van der Waals surface area contributed by atoms with E-state index < -0.39 is 11.9 Å². The number of esters is 1. The van der Waals surface area contributed by atoms with E-state index in [9.17, 15) is 9.59 Å². The lowest BCUT2D eigenvalue weighted by Gasteiger charge is -2.14. The second kappa shape index (κ2) is 8.35. The van der Waals surface area contributed by atoms with E-state index in [1.807, 2.05) is 6.92 Å². The van der Waals surface area contributed by atoms with E-state index in [-0.39, 0.29) is 17.2 Å². The Balaban J connectivity index is 2.56. The maximum atomic E-state index is 12.0. The van der Waals surface area contributed by atoms with Crippen LogP contribution in [0.4, 0.5) is 0 Å². The predicted molar refractivity (Wildman–Crippen MR) is 77.0 cm³/mol. The quantitative estimate of drug-likeness (QED) is 0.578. The van der Waals surface area contributed by atoms with Crippen molar-refractivity contribution >= 4 is 11.9 Å². The SMILES string of the molecule is CCCCCC[C@H](C)OC(=O)c1ccccc1C(=O)O. The average Bonchev–Trinajstić information content (AvgIpc) is 2.43. The summed E-state index contributed by atoms with van der Waals surface area (Å²) in [5.41, 5.74) is 0.0936. The molecular weight excluding hydrogens is 256 g/mol. The van der Waals surface area contributed by atoms with Crippen LogP contribution in [0.15, 0.2) is 24.3 Å². The molecular formula is C16H22O4. The van der Waals surface area contributed by atoms with Crippen LogP contribution in [-0.2, 0) is 4.74 Å². The summed E-state index contributed by atoms with van der Waals surface area (Å²) in [6, 6.07) is 6.11. The third-order valence-electron chi connectivity index (χ3n) is 3.15. The van der Waals surface area contributed by atoms with Crippen LogP contribution in [0.1, 0.15) is 66.7 Å². The van der Waals surface area contributed by atoms with E-state index in [0.717, 1.165) is 19.3 Å². The van der Waals surface area contributed by atoms with E-state index >= 15 is 0 Å². The van der Waals surface area contributed by atoms with Gasteiger partial charge in [0.25, 0.3) is 0 Å². The van der Waals surface area contributed by atoms with Gasteiger partial charge in [-0.1, -0.05) is 38.3 Å². The van der Waals surface area contributed by atoms with Crippen molar-refractivity contribution in [1.82, 2.24) is 0 Å². The Hall–Kier alpha value is -1.84. The minimum absolute atomic E-state index is 0.0179. The second-order valence-electron chi connectivity index (χ2n) is 4.92. The van der Waals surface area contributed by atoms with Gasteiger partial charge in [0, 0.05) is 0 Å². The molecule has 0 amide bonds. The zero-order chi connectivity index (χ0) is 15.0. The van der Waals surface area contributed by atoms with Crippen LogP contribution < -0.4 is 0 Å². The molecule has 0 aromatic heterocycles. The van der Waals surface area contributed by atoms with Crippen LogP contribution in [0.25, 0.3) is 0 Å². The fourth-order valence-electron chi connectivity index (χ4n) is 2.01. The number of hydrogen-bond acceptors (Lipinski definition) is 3. The first-order valence-electron chi connectivity index (χ1n) is 7.09. The maximum absolute atomic E-state index is 12.0. The number of ether oxygens (including phenoxy) is 1. The van der Waals surface area contributed by atoms with E-state index in [0.29, 0.717) is 0 Å². The summed E-state index contributed by atoms with van der Waals surface area (Å²) in [6.07, 6.45) is 5.11. The van der Waals surface area contributed by atoms with Crippen molar-refractivity contribution < 1.29 is 19.4 Å². The molecule has 0 bridgehead atoms. The Morgan fingerprint density at radius 3 is 2.40 bits per heavy atom. The van der Waals surface area contributed by atoms with Crippen molar-refractivity contribution in [3.8, 4) is 0 Å². The van der Waals surface area contributed by atoms with Crippen LogP contribution in [-0.4, -0.2) is 23.1 Å². The van der Waals surface area contributed by atoms with Gasteiger partial charge >= 0.3 is 11.9 Å². The van der Waals surface area contributed by atoms with Gasteiger partial charge in [-0.2, -0.15) is 0 Å².